The van der Waals surface area contributed by atoms with E-state index >= 15 is 0 Å². The van der Waals surface area contributed by atoms with E-state index < -0.39 is 22.7 Å². The summed E-state index contributed by atoms with van der Waals surface area (Å²) >= 11 is 6.62. The Balaban J connectivity index is 2.20. The number of carboxylic acid groups (broad SMARTS) is 1. The van der Waals surface area contributed by atoms with E-state index in [1.165, 1.54) is 11.4 Å². The summed E-state index contributed by atoms with van der Waals surface area (Å²) in [5.41, 5.74) is -0.445. The van der Waals surface area contributed by atoms with Gasteiger partial charge < -0.3 is 10.4 Å². The summed E-state index contributed by atoms with van der Waals surface area (Å²) in [6.07, 6.45) is -4.79. The van der Waals surface area contributed by atoms with Gasteiger partial charge in [-0.3, -0.25) is 4.79 Å². The Morgan fingerprint density at radius 3 is 2.76 bits per heavy atom. The van der Waals surface area contributed by atoms with Gasteiger partial charge in [-0.2, -0.15) is 13.2 Å². The predicted molar refractivity (Wildman–Crippen MR) is 73.2 cm³/mol. The van der Waals surface area contributed by atoms with E-state index in [1.54, 1.807) is 0 Å². The van der Waals surface area contributed by atoms with E-state index in [4.69, 9.17) is 16.7 Å². The maximum Gasteiger partial charge on any atom is 0.417 e. The van der Waals surface area contributed by atoms with Crippen molar-refractivity contribution in [3.05, 3.63) is 39.9 Å². The predicted octanol–water partition coefficient (Wildman–Crippen LogP) is 4.19. The van der Waals surface area contributed by atoms with Crippen molar-refractivity contribution in [1.29, 1.82) is 0 Å². The van der Waals surface area contributed by atoms with Gasteiger partial charge in [-0.15, -0.1) is 11.3 Å². The largest absolute Gasteiger partial charge is 0.481 e. The molecule has 0 saturated heterocycles. The Morgan fingerprint density at radius 1 is 1.43 bits per heavy atom. The first kappa shape index (κ1) is 15.6. The molecule has 0 unspecified atom stereocenters. The minimum atomic E-state index is -4.55. The molecule has 1 heterocycles. The maximum atomic E-state index is 12.7. The van der Waals surface area contributed by atoms with Crippen LogP contribution in [-0.2, 0) is 17.4 Å². The quantitative estimate of drug-likeness (QED) is 0.879. The summed E-state index contributed by atoms with van der Waals surface area (Å²) in [5, 5.41) is 12.8. The van der Waals surface area contributed by atoms with Crippen molar-refractivity contribution in [3.8, 4) is 0 Å². The fourth-order valence-electron chi connectivity index (χ4n) is 1.54. The topological polar surface area (TPSA) is 62.2 Å². The van der Waals surface area contributed by atoms with Gasteiger partial charge >= 0.3 is 12.1 Å². The zero-order valence-electron chi connectivity index (χ0n) is 10.2. The van der Waals surface area contributed by atoms with Crippen LogP contribution in [0, 0.1) is 0 Å². The number of rotatable bonds is 4. The molecule has 1 aromatic carbocycles. The minimum Gasteiger partial charge on any atom is -0.481 e. The Labute approximate surface area is 126 Å². The molecule has 0 aliphatic rings. The summed E-state index contributed by atoms with van der Waals surface area (Å²) in [5.74, 6) is -1.03. The third-order valence-electron chi connectivity index (χ3n) is 2.41. The molecule has 0 fully saturated rings. The normalized spacial score (nSPS) is 11.4. The molecule has 112 valence electrons. The number of nitrogens with zero attached hydrogens (tertiary/aromatic N) is 1. The summed E-state index contributed by atoms with van der Waals surface area (Å²) < 4.78 is 38.2. The van der Waals surface area contributed by atoms with Crippen molar-refractivity contribution in [2.24, 2.45) is 0 Å². The average molecular weight is 337 g/mol. The number of alkyl halides is 3. The second-order valence-electron chi connectivity index (χ2n) is 4.03. The van der Waals surface area contributed by atoms with Gasteiger partial charge in [-0.1, -0.05) is 11.6 Å². The molecule has 0 bridgehead atoms. The minimum absolute atomic E-state index is 0.169. The van der Waals surface area contributed by atoms with Gasteiger partial charge in [-0.05, 0) is 18.2 Å². The molecular weight excluding hydrogens is 329 g/mol. The lowest BCUT2D eigenvalue weighted by Gasteiger charge is -2.11. The zero-order chi connectivity index (χ0) is 15.6. The molecule has 0 aliphatic carbocycles. The fourth-order valence-corrected chi connectivity index (χ4v) is 2.50. The van der Waals surface area contributed by atoms with Crippen molar-refractivity contribution >= 4 is 39.7 Å². The van der Waals surface area contributed by atoms with Crippen LogP contribution < -0.4 is 5.32 Å². The average Bonchev–Trinajstić information content (AvgIpc) is 2.76. The first-order valence-corrected chi connectivity index (χ1v) is 6.81. The molecule has 0 radical (unpaired) electrons. The SMILES string of the molecule is O=C(O)Cc1csc(Nc2ccc(Cl)c(C(F)(F)F)c2)n1. The second-order valence-corrected chi connectivity index (χ2v) is 5.30. The van der Waals surface area contributed by atoms with Gasteiger partial charge in [0.05, 0.1) is 22.7 Å². The van der Waals surface area contributed by atoms with E-state index in [-0.39, 0.29) is 12.1 Å². The van der Waals surface area contributed by atoms with Gasteiger partial charge in [-0.25, -0.2) is 4.98 Å². The molecule has 0 atom stereocenters. The van der Waals surface area contributed by atoms with E-state index in [2.05, 4.69) is 10.3 Å². The molecule has 4 nitrogen and oxygen atoms in total. The Kier molecular flexibility index (Phi) is 4.38. The number of hydrogen-bond donors (Lipinski definition) is 2. The number of nitrogens with one attached hydrogen (secondary N) is 1. The van der Waals surface area contributed by atoms with E-state index in [0.717, 1.165) is 23.5 Å². The molecule has 2 rings (SSSR count). The van der Waals surface area contributed by atoms with Crippen LogP contribution >= 0.6 is 22.9 Å². The number of hydrogen-bond acceptors (Lipinski definition) is 4. The number of benzene rings is 1. The monoisotopic (exact) mass is 336 g/mol. The highest BCUT2D eigenvalue weighted by atomic mass is 35.5. The van der Waals surface area contributed by atoms with E-state index in [0.29, 0.717) is 10.8 Å². The molecule has 9 heteroatoms. The molecular formula is C12H8ClF3N2O2S. The Bertz CT molecular complexity index is 673. The Morgan fingerprint density at radius 2 is 2.14 bits per heavy atom. The summed E-state index contributed by atoms with van der Waals surface area (Å²) in [4.78, 5) is 14.5. The summed E-state index contributed by atoms with van der Waals surface area (Å²) in [7, 11) is 0. The number of aliphatic carboxylic acids is 1. The number of carboxylic acids is 1. The standard InChI is InChI=1S/C12H8ClF3N2O2S/c13-9-2-1-6(3-8(9)12(14,15)16)17-11-18-7(5-21-11)4-10(19)20/h1-3,5H,4H2,(H,17,18)(H,19,20). The first-order chi connectivity index (χ1) is 9.75. The molecule has 2 N–H and O–H groups in total. The number of carbonyl (C=O) groups is 1. The highest BCUT2D eigenvalue weighted by Crippen LogP contribution is 2.36. The van der Waals surface area contributed by atoms with Crippen molar-refractivity contribution in [1.82, 2.24) is 4.98 Å². The number of anilines is 2. The number of aromatic nitrogens is 1. The first-order valence-electron chi connectivity index (χ1n) is 5.55. The molecule has 2 aromatic rings. The molecule has 0 spiro atoms. The van der Waals surface area contributed by atoms with Crippen LogP contribution in [0.4, 0.5) is 24.0 Å². The van der Waals surface area contributed by atoms with Crippen LogP contribution in [0.5, 0.6) is 0 Å². The van der Waals surface area contributed by atoms with Crippen LogP contribution in [0.15, 0.2) is 23.6 Å². The van der Waals surface area contributed by atoms with Crippen molar-refractivity contribution in [2.45, 2.75) is 12.6 Å². The van der Waals surface area contributed by atoms with Gasteiger partial charge in [0.25, 0.3) is 0 Å². The third-order valence-corrected chi connectivity index (χ3v) is 3.54. The highest BCUT2D eigenvalue weighted by molar-refractivity contribution is 7.13. The number of thiazole rings is 1. The summed E-state index contributed by atoms with van der Waals surface area (Å²) in [6.45, 7) is 0. The zero-order valence-corrected chi connectivity index (χ0v) is 11.8. The van der Waals surface area contributed by atoms with Gasteiger partial charge in [0.1, 0.15) is 0 Å². The second kappa shape index (κ2) is 5.90. The lowest BCUT2D eigenvalue weighted by Crippen LogP contribution is -2.06. The van der Waals surface area contributed by atoms with Crippen molar-refractivity contribution in [2.75, 3.05) is 5.32 Å². The van der Waals surface area contributed by atoms with Gasteiger partial charge in [0, 0.05) is 11.1 Å². The van der Waals surface area contributed by atoms with Gasteiger partial charge in [0.15, 0.2) is 5.13 Å². The van der Waals surface area contributed by atoms with Crippen molar-refractivity contribution in [3.63, 3.8) is 0 Å². The van der Waals surface area contributed by atoms with Crippen LogP contribution in [0.2, 0.25) is 5.02 Å². The molecule has 1 aromatic heterocycles. The number of halogens is 4. The lowest BCUT2D eigenvalue weighted by molar-refractivity contribution is -0.138. The molecule has 21 heavy (non-hydrogen) atoms. The van der Waals surface area contributed by atoms with Crippen LogP contribution in [0.25, 0.3) is 0 Å². The molecule has 0 amide bonds. The van der Waals surface area contributed by atoms with E-state index in [9.17, 15) is 18.0 Å². The van der Waals surface area contributed by atoms with Gasteiger partial charge in [0.2, 0.25) is 0 Å². The fraction of sp³-hybridized carbons (Fsp3) is 0.167. The summed E-state index contributed by atoms with van der Waals surface area (Å²) in [6, 6.07) is 3.40. The lowest BCUT2D eigenvalue weighted by atomic mass is 10.2. The smallest absolute Gasteiger partial charge is 0.417 e. The maximum absolute atomic E-state index is 12.7. The molecule has 0 saturated carbocycles. The van der Waals surface area contributed by atoms with Crippen LogP contribution in [0.1, 0.15) is 11.3 Å². The third kappa shape index (κ3) is 4.08. The highest BCUT2D eigenvalue weighted by Gasteiger charge is 2.33. The Hall–Kier alpha value is -1.80. The van der Waals surface area contributed by atoms with Crippen LogP contribution in [0.3, 0.4) is 0 Å². The van der Waals surface area contributed by atoms with E-state index in [1.807, 2.05) is 0 Å². The van der Waals surface area contributed by atoms with Crippen LogP contribution in [-0.4, -0.2) is 16.1 Å². The molecule has 0 aliphatic heterocycles. The van der Waals surface area contributed by atoms with Crippen molar-refractivity contribution < 1.29 is 23.1 Å².